The molecule has 0 aromatic heterocycles. The molecule has 1 atom stereocenters. The highest BCUT2D eigenvalue weighted by atomic mass is 35.5. The van der Waals surface area contributed by atoms with E-state index in [0.29, 0.717) is 5.02 Å². The van der Waals surface area contributed by atoms with Gasteiger partial charge in [0.05, 0.1) is 6.61 Å². The van der Waals surface area contributed by atoms with Crippen LogP contribution in [0.3, 0.4) is 0 Å². The number of benzene rings is 1. The zero-order valence-electron chi connectivity index (χ0n) is 9.04. The van der Waals surface area contributed by atoms with E-state index in [2.05, 4.69) is 0 Å². The van der Waals surface area contributed by atoms with Crippen molar-refractivity contribution < 1.29 is 14.2 Å². The van der Waals surface area contributed by atoms with Gasteiger partial charge in [0.1, 0.15) is 11.4 Å². The number of hydrogen-bond acceptors (Lipinski definition) is 2. The Morgan fingerprint density at radius 1 is 1.56 bits per heavy atom. The molecule has 1 aromatic rings. The minimum Gasteiger partial charge on any atom is -0.382 e. The summed E-state index contributed by atoms with van der Waals surface area (Å²) in [6.07, 6.45) is 1.81. The first-order valence-electron chi connectivity index (χ1n) is 5.25. The van der Waals surface area contributed by atoms with E-state index >= 15 is 0 Å². The van der Waals surface area contributed by atoms with Gasteiger partial charge in [0.15, 0.2) is 0 Å². The number of methoxy groups -OCH3 is 1. The zero-order valence-corrected chi connectivity index (χ0v) is 9.80. The SMILES string of the molecule is COCC(O)(c1ccc(Cl)cc1F)C1CC1. The summed E-state index contributed by atoms with van der Waals surface area (Å²) < 4.78 is 18.8. The molecule has 0 spiro atoms. The third kappa shape index (κ3) is 2.08. The van der Waals surface area contributed by atoms with Crippen molar-refractivity contribution in [2.75, 3.05) is 13.7 Å². The summed E-state index contributed by atoms with van der Waals surface area (Å²) in [5, 5.41) is 10.8. The molecule has 16 heavy (non-hydrogen) atoms. The first kappa shape index (κ1) is 11.8. The van der Waals surface area contributed by atoms with Gasteiger partial charge in [-0.1, -0.05) is 17.7 Å². The van der Waals surface area contributed by atoms with Crippen LogP contribution in [0.2, 0.25) is 5.02 Å². The van der Waals surface area contributed by atoms with Crippen molar-refractivity contribution in [1.82, 2.24) is 0 Å². The lowest BCUT2D eigenvalue weighted by Crippen LogP contribution is -2.34. The second kappa shape index (κ2) is 4.32. The predicted octanol–water partition coefficient (Wildman–Crippen LogP) is 2.72. The van der Waals surface area contributed by atoms with Gasteiger partial charge in [-0.2, -0.15) is 0 Å². The van der Waals surface area contributed by atoms with Gasteiger partial charge < -0.3 is 9.84 Å². The number of halogens is 2. The summed E-state index contributed by atoms with van der Waals surface area (Å²) >= 11 is 5.69. The molecule has 88 valence electrons. The van der Waals surface area contributed by atoms with Gasteiger partial charge in [0, 0.05) is 17.7 Å². The van der Waals surface area contributed by atoms with Crippen molar-refractivity contribution in [3.63, 3.8) is 0 Å². The van der Waals surface area contributed by atoms with Crippen LogP contribution in [0.4, 0.5) is 4.39 Å². The lowest BCUT2D eigenvalue weighted by Gasteiger charge is -2.28. The Labute approximate surface area is 99.0 Å². The molecule has 2 nitrogen and oxygen atoms in total. The Kier molecular flexibility index (Phi) is 3.19. The summed E-state index contributed by atoms with van der Waals surface area (Å²) in [5.41, 5.74) is -0.940. The van der Waals surface area contributed by atoms with Crippen LogP contribution < -0.4 is 0 Å². The Morgan fingerprint density at radius 2 is 2.25 bits per heavy atom. The Balaban J connectivity index is 2.38. The van der Waals surface area contributed by atoms with Gasteiger partial charge >= 0.3 is 0 Å². The lowest BCUT2D eigenvalue weighted by molar-refractivity contribution is -0.0555. The van der Waals surface area contributed by atoms with Crippen LogP contribution in [0, 0.1) is 11.7 Å². The molecule has 1 fully saturated rings. The summed E-state index contributed by atoms with van der Waals surface area (Å²) in [7, 11) is 1.50. The molecule has 1 N–H and O–H groups in total. The van der Waals surface area contributed by atoms with Crippen molar-refractivity contribution in [3.8, 4) is 0 Å². The standard InChI is InChI=1S/C12H14ClFO2/c1-16-7-12(15,8-2-3-8)10-5-4-9(13)6-11(10)14/h4-6,8,15H,2-3,7H2,1H3. The summed E-state index contributed by atoms with van der Waals surface area (Å²) in [6, 6.07) is 4.35. The van der Waals surface area contributed by atoms with Crippen LogP contribution >= 0.6 is 11.6 Å². The van der Waals surface area contributed by atoms with Crippen LogP contribution in [-0.2, 0) is 10.3 Å². The molecule has 1 aliphatic carbocycles. The van der Waals surface area contributed by atoms with E-state index in [9.17, 15) is 9.50 Å². The van der Waals surface area contributed by atoms with Crippen LogP contribution in [0.15, 0.2) is 18.2 Å². The van der Waals surface area contributed by atoms with Gasteiger partial charge in [-0.15, -0.1) is 0 Å². The van der Waals surface area contributed by atoms with Gasteiger partial charge in [-0.25, -0.2) is 4.39 Å². The smallest absolute Gasteiger partial charge is 0.130 e. The minimum absolute atomic E-state index is 0.0862. The summed E-state index contributed by atoms with van der Waals surface area (Å²) in [6.45, 7) is 0.107. The van der Waals surface area contributed by atoms with E-state index in [1.54, 1.807) is 6.07 Å². The first-order chi connectivity index (χ1) is 7.58. The van der Waals surface area contributed by atoms with Crippen LogP contribution in [0.1, 0.15) is 18.4 Å². The van der Waals surface area contributed by atoms with Crippen LogP contribution in [0.25, 0.3) is 0 Å². The third-order valence-corrected chi connectivity index (χ3v) is 3.25. The predicted molar refractivity (Wildman–Crippen MR) is 59.9 cm³/mol. The molecule has 1 aliphatic rings. The van der Waals surface area contributed by atoms with E-state index in [1.807, 2.05) is 0 Å². The first-order valence-corrected chi connectivity index (χ1v) is 5.62. The average Bonchev–Trinajstić information content (AvgIpc) is 3.00. The fourth-order valence-electron chi connectivity index (χ4n) is 2.04. The van der Waals surface area contributed by atoms with Gasteiger partial charge in [-0.3, -0.25) is 0 Å². The number of rotatable bonds is 4. The molecular weight excluding hydrogens is 231 g/mol. The number of ether oxygens (including phenoxy) is 1. The quantitative estimate of drug-likeness (QED) is 0.883. The second-order valence-corrected chi connectivity index (χ2v) is 4.69. The molecule has 0 saturated heterocycles. The molecule has 1 saturated carbocycles. The van der Waals surface area contributed by atoms with E-state index in [4.69, 9.17) is 16.3 Å². The molecule has 0 aliphatic heterocycles. The molecule has 0 heterocycles. The molecule has 4 heteroatoms. The maximum atomic E-state index is 13.8. The Hall–Kier alpha value is -0.640. The fraction of sp³-hybridized carbons (Fsp3) is 0.500. The minimum atomic E-state index is -1.22. The van der Waals surface area contributed by atoms with Crippen molar-refractivity contribution in [2.45, 2.75) is 18.4 Å². The number of hydrogen-bond donors (Lipinski definition) is 1. The largest absolute Gasteiger partial charge is 0.382 e. The Bertz CT molecular complexity index is 393. The highest BCUT2D eigenvalue weighted by Crippen LogP contribution is 2.46. The van der Waals surface area contributed by atoms with E-state index in [-0.39, 0.29) is 18.1 Å². The van der Waals surface area contributed by atoms with Gasteiger partial charge in [0.2, 0.25) is 0 Å². The highest BCUT2D eigenvalue weighted by molar-refractivity contribution is 6.30. The topological polar surface area (TPSA) is 29.5 Å². The molecule has 1 unspecified atom stereocenters. The molecule has 0 radical (unpaired) electrons. The van der Waals surface area contributed by atoms with Gasteiger partial charge in [0.25, 0.3) is 0 Å². The Morgan fingerprint density at radius 3 is 2.75 bits per heavy atom. The zero-order chi connectivity index (χ0) is 11.8. The van der Waals surface area contributed by atoms with Crippen LogP contribution in [-0.4, -0.2) is 18.8 Å². The monoisotopic (exact) mass is 244 g/mol. The van der Waals surface area contributed by atoms with E-state index < -0.39 is 11.4 Å². The molecule has 0 bridgehead atoms. The van der Waals surface area contributed by atoms with Crippen molar-refractivity contribution in [3.05, 3.63) is 34.6 Å². The normalized spacial score (nSPS) is 19.5. The van der Waals surface area contributed by atoms with E-state index in [1.165, 1.54) is 19.2 Å². The fourth-order valence-corrected chi connectivity index (χ4v) is 2.20. The maximum absolute atomic E-state index is 13.8. The van der Waals surface area contributed by atoms with E-state index in [0.717, 1.165) is 12.8 Å². The molecule has 2 rings (SSSR count). The second-order valence-electron chi connectivity index (χ2n) is 4.26. The lowest BCUT2D eigenvalue weighted by atomic mass is 9.89. The number of aliphatic hydroxyl groups is 1. The van der Waals surface area contributed by atoms with Crippen molar-refractivity contribution >= 4 is 11.6 Å². The third-order valence-electron chi connectivity index (χ3n) is 3.01. The molecule has 1 aromatic carbocycles. The average molecular weight is 245 g/mol. The highest BCUT2D eigenvalue weighted by Gasteiger charge is 2.46. The summed E-state index contributed by atoms with van der Waals surface area (Å²) in [5.74, 6) is -0.387. The maximum Gasteiger partial charge on any atom is 0.130 e. The summed E-state index contributed by atoms with van der Waals surface area (Å²) in [4.78, 5) is 0. The van der Waals surface area contributed by atoms with Crippen molar-refractivity contribution in [1.29, 1.82) is 0 Å². The van der Waals surface area contributed by atoms with Crippen LogP contribution in [0.5, 0.6) is 0 Å². The van der Waals surface area contributed by atoms with Gasteiger partial charge in [-0.05, 0) is 30.9 Å². The molecule has 0 amide bonds. The molecular formula is C12H14ClFO2. The van der Waals surface area contributed by atoms with Crippen molar-refractivity contribution in [2.24, 2.45) is 5.92 Å².